The lowest BCUT2D eigenvalue weighted by Gasteiger charge is -2.32. The lowest BCUT2D eigenvalue weighted by molar-refractivity contribution is -0.131. The van der Waals surface area contributed by atoms with Gasteiger partial charge in [0.15, 0.2) is 0 Å². The molecule has 1 atom stereocenters. The van der Waals surface area contributed by atoms with Gasteiger partial charge in [0.05, 0.1) is 17.1 Å². The quantitative estimate of drug-likeness (QED) is 0.861. The number of hydrogen-bond acceptors (Lipinski definition) is 5. The lowest BCUT2D eigenvalue weighted by Crippen LogP contribution is -2.40. The highest BCUT2D eigenvalue weighted by molar-refractivity contribution is 7.09. The van der Waals surface area contributed by atoms with Crippen molar-refractivity contribution < 1.29 is 4.79 Å². The summed E-state index contributed by atoms with van der Waals surface area (Å²) in [5.41, 5.74) is 0.893. The molecule has 2 aromatic rings. The van der Waals surface area contributed by atoms with E-state index >= 15 is 0 Å². The van der Waals surface area contributed by atoms with Crippen molar-refractivity contribution in [2.24, 2.45) is 7.05 Å². The first-order valence-electron chi connectivity index (χ1n) is 8.10. The topological polar surface area (TPSA) is 63.9 Å². The van der Waals surface area contributed by atoms with Crippen LogP contribution in [0.25, 0.3) is 0 Å². The molecule has 0 aromatic carbocycles. The van der Waals surface area contributed by atoms with Crippen molar-refractivity contribution in [3.63, 3.8) is 0 Å². The van der Waals surface area contributed by atoms with E-state index in [1.54, 1.807) is 17.7 Å². The molecule has 0 saturated carbocycles. The van der Waals surface area contributed by atoms with Crippen LogP contribution in [0.15, 0.2) is 11.7 Å². The van der Waals surface area contributed by atoms with Crippen LogP contribution in [0.5, 0.6) is 0 Å². The Kier molecular flexibility index (Phi) is 4.75. The van der Waals surface area contributed by atoms with E-state index in [9.17, 15) is 4.79 Å². The molecule has 6 nitrogen and oxygen atoms in total. The van der Waals surface area contributed by atoms with Gasteiger partial charge in [-0.05, 0) is 12.8 Å². The Balaban J connectivity index is 1.63. The van der Waals surface area contributed by atoms with Gasteiger partial charge in [-0.25, -0.2) is 4.98 Å². The number of carbonyl (C=O) groups is 1. The number of aryl methyl sites for hydroxylation is 1. The standard InChI is InChI=1S/C16H23N5OS/c1-11(2)16-18-13(9-23-16)7-14(22)21-6-4-5-12(8-21)15-19-17-10-20(15)3/h9-12H,4-8H2,1-3H3/t12-/m1/s1. The first-order valence-corrected chi connectivity index (χ1v) is 8.98. The molecule has 2 aromatic heterocycles. The van der Waals surface area contributed by atoms with Crippen molar-refractivity contribution in [2.45, 2.75) is 44.9 Å². The van der Waals surface area contributed by atoms with E-state index in [0.29, 0.717) is 12.3 Å². The summed E-state index contributed by atoms with van der Waals surface area (Å²) in [7, 11) is 1.96. The summed E-state index contributed by atoms with van der Waals surface area (Å²) >= 11 is 1.64. The molecule has 0 spiro atoms. The van der Waals surface area contributed by atoms with Gasteiger partial charge in [-0.3, -0.25) is 4.79 Å². The maximum absolute atomic E-state index is 12.6. The fourth-order valence-corrected chi connectivity index (χ4v) is 3.85. The summed E-state index contributed by atoms with van der Waals surface area (Å²) in [6, 6.07) is 0. The highest BCUT2D eigenvalue weighted by Gasteiger charge is 2.27. The highest BCUT2D eigenvalue weighted by atomic mass is 32.1. The summed E-state index contributed by atoms with van der Waals surface area (Å²) in [5.74, 6) is 1.83. The largest absolute Gasteiger partial charge is 0.342 e. The number of aromatic nitrogens is 4. The minimum absolute atomic E-state index is 0.164. The highest BCUT2D eigenvalue weighted by Crippen LogP contribution is 2.26. The Morgan fingerprint density at radius 2 is 2.30 bits per heavy atom. The third-order valence-corrected chi connectivity index (χ3v) is 5.48. The van der Waals surface area contributed by atoms with E-state index in [1.165, 1.54) is 0 Å². The zero-order chi connectivity index (χ0) is 16.4. The van der Waals surface area contributed by atoms with Crippen LogP contribution >= 0.6 is 11.3 Å². The molecular formula is C16H23N5OS. The van der Waals surface area contributed by atoms with Crippen LogP contribution in [0, 0.1) is 0 Å². The van der Waals surface area contributed by atoms with Crippen LogP contribution in [0.4, 0.5) is 0 Å². The molecule has 3 heterocycles. The van der Waals surface area contributed by atoms with Gasteiger partial charge in [0.1, 0.15) is 12.2 Å². The predicted octanol–water partition coefficient (Wildman–Crippen LogP) is 2.34. The van der Waals surface area contributed by atoms with Crippen molar-refractivity contribution in [1.29, 1.82) is 0 Å². The minimum atomic E-state index is 0.164. The van der Waals surface area contributed by atoms with Gasteiger partial charge < -0.3 is 9.47 Å². The second kappa shape index (κ2) is 6.78. The molecule has 23 heavy (non-hydrogen) atoms. The summed E-state index contributed by atoms with van der Waals surface area (Å²) in [5, 5.41) is 11.3. The normalized spacial score (nSPS) is 18.6. The van der Waals surface area contributed by atoms with Crippen LogP contribution < -0.4 is 0 Å². The van der Waals surface area contributed by atoms with E-state index in [1.807, 2.05) is 21.9 Å². The van der Waals surface area contributed by atoms with Crippen molar-refractivity contribution in [3.8, 4) is 0 Å². The monoisotopic (exact) mass is 333 g/mol. The Morgan fingerprint density at radius 1 is 1.48 bits per heavy atom. The number of hydrogen-bond donors (Lipinski definition) is 0. The Bertz CT molecular complexity index is 678. The third kappa shape index (κ3) is 3.60. The number of likely N-dealkylation sites (tertiary alicyclic amines) is 1. The Labute approximate surface area is 140 Å². The van der Waals surface area contributed by atoms with Crippen molar-refractivity contribution in [1.82, 2.24) is 24.6 Å². The molecule has 1 saturated heterocycles. The van der Waals surface area contributed by atoms with Crippen molar-refractivity contribution in [3.05, 3.63) is 28.2 Å². The molecular weight excluding hydrogens is 310 g/mol. The van der Waals surface area contributed by atoms with Crippen LogP contribution in [0.3, 0.4) is 0 Å². The first kappa shape index (κ1) is 16.1. The second-order valence-corrected chi connectivity index (χ2v) is 7.38. The van der Waals surface area contributed by atoms with E-state index < -0.39 is 0 Å². The maximum atomic E-state index is 12.6. The lowest BCUT2D eigenvalue weighted by atomic mass is 9.97. The summed E-state index contributed by atoms with van der Waals surface area (Å²) in [6.07, 6.45) is 4.19. The molecule has 0 radical (unpaired) electrons. The number of piperidine rings is 1. The smallest absolute Gasteiger partial charge is 0.228 e. The van der Waals surface area contributed by atoms with Gasteiger partial charge in [-0.1, -0.05) is 13.8 Å². The van der Waals surface area contributed by atoms with Crippen LogP contribution in [0.2, 0.25) is 0 Å². The summed E-state index contributed by atoms with van der Waals surface area (Å²) in [6.45, 7) is 5.81. The number of amides is 1. The zero-order valence-corrected chi connectivity index (χ0v) is 14.7. The Hall–Kier alpha value is -1.76. The summed E-state index contributed by atoms with van der Waals surface area (Å²) in [4.78, 5) is 19.1. The van der Waals surface area contributed by atoms with Gasteiger partial charge in [-0.2, -0.15) is 0 Å². The van der Waals surface area contributed by atoms with Crippen molar-refractivity contribution in [2.75, 3.05) is 13.1 Å². The third-order valence-electron chi connectivity index (χ3n) is 4.28. The van der Waals surface area contributed by atoms with Gasteiger partial charge in [0.25, 0.3) is 0 Å². The van der Waals surface area contributed by atoms with Crippen LogP contribution in [-0.4, -0.2) is 43.6 Å². The second-order valence-electron chi connectivity index (χ2n) is 6.49. The molecule has 1 amide bonds. The predicted molar refractivity (Wildman–Crippen MR) is 89.5 cm³/mol. The van der Waals surface area contributed by atoms with E-state index in [0.717, 1.165) is 42.5 Å². The number of rotatable bonds is 4. The van der Waals surface area contributed by atoms with Crippen molar-refractivity contribution >= 4 is 17.2 Å². The molecule has 3 rings (SSSR count). The van der Waals surface area contributed by atoms with Gasteiger partial charge >= 0.3 is 0 Å². The van der Waals surface area contributed by atoms with Gasteiger partial charge in [0.2, 0.25) is 5.91 Å². The SMILES string of the molecule is CC(C)c1nc(CC(=O)N2CCC[C@@H](c3nncn3C)C2)cs1. The maximum Gasteiger partial charge on any atom is 0.228 e. The van der Waals surface area contributed by atoms with E-state index in [-0.39, 0.29) is 11.8 Å². The molecule has 0 bridgehead atoms. The van der Waals surface area contributed by atoms with Crippen LogP contribution in [0.1, 0.15) is 55.1 Å². The average molecular weight is 333 g/mol. The van der Waals surface area contributed by atoms with Gasteiger partial charge in [-0.15, -0.1) is 21.5 Å². The molecule has 0 N–H and O–H groups in total. The first-order chi connectivity index (χ1) is 11.0. The molecule has 1 aliphatic heterocycles. The van der Waals surface area contributed by atoms with Crippen LogP contribution in [-0.2, 0) is 18.3 Å². The minimum Gasteiger partial charge on any atom is -0.342 e. The number of nitrogens with zero attached hydrogens (tertiary/aromatic N) is 5. The van der Waals surface area contributed by atoms with E-state index in [2.05, 4.69) is 29.0 Å². The molecule has 0 aliphatic carbocycles. The molecule has 1 aliphatic rings. The average Bonchev–Trinajstić information content (AvgIpc) is 3.16. The fourth-order valence-electron chi connectivity index (χ4n) is 3.01. The Morgan fingerprint density at radius 3 is 2.96 bits per heavy atom. The molecule has 1 fully saturated rings. The number of carbonyl (C=O) groups excluding carboxylic acids is 1. The molecule has 7 heteroatoms. The number of thiazole rings is 1. The molecule has 124 valence electrons. The summed E-state index contributed by atoms with van der Waals surface area (Å²) < 4.78 is 1.95. The van der Waals surface area contributed by atoms with Gasteiger partial charge in [0, 0.05) is 37.4 Å². The zero-order valence-electron chi connectivity index (χ0n) is 13.9. The fraction of sp³-hybridized carbons (Fsp3) is 0.625. The molecule has 0 unspecified atom stereocenters. The van der Waals surface area contributed by atoms with E-state index in [4.69, 9.17) is 0 Å².